The largest absolute Gasteiger partial charge is 0.423 e. The van der Waals surface area contributed by atoms with Crippen molar-refractivity contribution in [2.45, 2.75) is 6.54 Å². The van der Waals surface area contributed by atoms with Crippen molar-refractivity contribution in [3.63, 3.8) is 0 Å². The van der Waals surface area contributed by atoms with Gasteiger partial charge >= 0.3 is 0 Å². The van der Waals surface area contributed by atoms with E-state index in [4.69, 9.17) is 16.0 Å². The molecule has 0 amide bonds. The lowest BCUT2D eigenvalue weighted by Crippen LogP contribution is -2.46. The maximum absolute atomic E-state index is 6.00. The maximum Gasteiger partial charge on any atom is 0.298 e. The zero-order chi connectivity index (χ0) is 15.6. The Labute approximate surface area is 139 Å². The van der Waals surface area contributed by atoms with Crippen LogP contribution in [0.15, 0.2) is 47.0 Å². The molecule has 1 saturated heterocycles. The molecule has 23 heavy (non-hydrogen) atoms. The molecule has 0 atom stereocenters. The van der Waals surface area contributed by atoms with Crippen molar-refractivity contribution in [1.29, 1.82) is 0 Å². The molecule has 0 saturated carbocycles. The highest BCUT2D eigenvalue weighted by atomic mass is 35.5. The molecule has 4 rings (SSSR count). The van der Waals surface area contributed by atoms with E-state index in [-0.39, 0.29) is 0 Å². The molecule has 1 fully saturated rings. The summed E-state index contributed by atoms with van der Waals surface area (Å²) >= 11 is 6.00. The van der Waals surface area contributed by atoms with Crippen LogP contribution in [0.2, 0.25) is 5.02 Å². The van der Waals surface area contributed by atoms with Gasteiger partial charge < -0.3 is 9.32 Å². The number of pyridine rings is 1. The molecule has 0 N–H and O–H groups in total. The van der Waals surface area contributed by atoms with Crippen molar-refractivity contribution in [1.82, 2.24) is 14.9 Å². The minimum Gasteiger partial charge on any atom is -0.423 e. The number of hydrogen-bond donors (Lipinski definition) is 0. The predicted molar refractivity (Wildman–Crippen MR) is 90.7 cm³/mol. The Morgan fingerprint density at radius 1 is 1.09 bits per heavy atom. The standard InChI is InChI=1S/C17H17ClN4O/c18-13-4-5-15-16(11-13)23-17(20-15)22-9-7-21(8-10-22)12-14-3-1-2-6-19-14/h1-6,11H,7-10,12H2. The van der Waals surface area contributed by atoms with Crippen molar-refractivity contribution in [3.8, 4) is 0 Å². The fraction of sp³-hybridized carbons (Fsp3) is 0.294. The Bertz CT molecular complexity index is 797. The summed E-state index contributed by atoms with van der Waals surface area (Å²) in [6.07, 6.45) is 1.84. The summed E-state index contributed by atoms with van der Waals surface area (Å²) < 4.78 is 5.84. The number of oxazole rings is 1. The molecule has 6 heteroatoms. The van der Waals surface area contributed by atoms with Crippen molar-refractivity contribution in [2.75, 3.05) is 31.1 Å². The summed E-state index contributed by atoms with van der Waals surface area (Å²) in [7, 11) is 0. The summed E-state index contributed by atoms with van der Waals surface area (Å²) in [6, 6.07) is 12.3. The Morgan fingerprint density at radius 2 is 1.96 bits per heavy atom. The van der Waals surface area contributed by atoms with Crippen molar-refractivity contribution in [2.24, 2.45) is 0 Å². The van der Waals surface area contributed by atoms with Gasteiger partial charge in [-0.1, -0.05) is 17.7 Å². The van der Waals surface area contributed by atoms with E-state index in [2.05, 4.69) is 25.8 Å². The van der Waals surface area contributed by atoms with E-state index in [0.29, 0.717) is 11.0 Å². The number of anilines is 1. The second-order valence-corrected chi connectivity index (χ2v) is 6.13. The second-order valence-electron chi connectivity index (χ2n) is 5.69. The van der Waals surface area contributed by atoms with Crippen LogP contribution in [0.1, 0.15) is 5.69 Å². The normalized spacial score (nSPS) is 16.1. The third-order valence-electron chi connectivity index (χ3n) is 4.09. The van der Waals surface area contributed by atoms with Crippen LogP contribution in [0.4, 0.5) is 6.01 Å². The number of benzene rings is 1. The topological polar surface area (TPSA) is 45.4 Å². The molecule has 0 radical (unpaired) electrons. The molecule has 1 aliphatic rings. The number of halogens is 1. The number of nitrogens with zero attached hydrogens (tertiary/aromatic N) is 4. The first-order chi connectivity index (χ1) is 11.3. The van der Waals surface area contributed by atoms with Crippen molar-refractivity contribution >= 4 is 28.7 Å². The molecular weight excluding hydrogens is 312 g/mol. The van der Waals surface area contributed by atoms with Gasteiger partial charge in [-0.15, -0.1) is 0 Å². The Morgan fingerprint density at radius 3 is 2.74 bits per heavy atom. The van der Waals surface area contributed by atoms with Gasteiger partial charge in [0, 0.05) is 50.0 Å². The van der Waals surface area contributed by atoms with Crippen LogP contribution in [0, 0.1) is 0 Å². The van der Waals surface area contributed by atoms with Gasteiger partial charge in [0.05, 0.1) is 5.69 Å². The average Bonchev–Trinajstić information content (AvgIpc) is 2.99. The lowest BCUT2D eigenvalue weighted by atomic mass is 10.3. The van der Waals surface area contributed by atoms with Gasteiger partial charge in [0.25, 0.3) is 6.01 Å². The first-order valence-electron chi connectivity index (χ1n) is 7.71. The third-order valence-corrected chi connectivity index (χ3v) is 4.33. The van der Waals surface area contributed by atoms with Gasteiger partial charge in [-0.3, -0.25) is 9.88 Å². The highest BCUT2D eigenvalue weighted by Crippen LogP contribution is 2.25. The number of aromatic nitrogens is 2. The fourth-order valence-electron chi connectivity index (χ4n) is 2.84. The van der Waals surface area contributed by atoms with Gasteiger partial charge in [0.15, 0.2) is 5.58 Å². The van der Waals surface area contributed by atoms with Crippen LogP contribution >= 0.6 is 11.6 Å². The molecule has 1 aliphatic heterocycles. The molecule has 118 valence electrons. The molecule has 0 unspecified atom stereocenters. The van der Waals surface area contributed by atoms with Gasteiger partial charge in [-0.05, 0) is 24.3 Å². The zero-order valence-corrected chi connectivity index (χ0v) is 13.4. The van der Waals surface area contributed by atoms with Crippen LogP contribution in [-0.4, -0.2) is 41.0 Å². The fourth-order valence-corrected chi connectivity index (χ4v) is 3.00. The van der Waals surface area contributed by atoms with E-state index >= 15 is 0 Å². The Kier molecular flexibility index (Phi) is 3.89. The average molecular weight is 329 g/mol. The number of rotatable bonds is 3. The number of fused-ring (bicyclic) bond motifs is 1. The molecule has 1 aromatic carbocycles. The second kappa shape index (κ2) is 6.18. The van der Waals surface area contributed by atoms with Crippen LogP contribution in [0.5, 0.6) is 0 Å². The summed E-state index contributed by atoms with van der Waals surface area (Å²) in [5.74, 6) is 0. The molecule has 0 aliphatic carbocycles. The van der Waals surface area contributed by atoms with Gasteiger partial charge in [0.1, 0.15) is 5.52 Å². The SMILES string of the molecule is Clc1ccc2nc(N3CCN(Cc4ccccn4)CC3)oc2c1. The highest BCUT2D eigenvalue weighted by Gasteiger charge is 2.21. The lowest BCUT2D eigenvalue weighted by molar-refractivity contribution is 0.243. The lowest BCUT2D eigenvalue weighted by Gasteiger charge is -2.33. The first-order valence-corrected chi connectivity index (χ1v) is 8.09. The van der Waals surface area contributed by atoms with Gasteiger partial charge in [-0.25, -0.2) is 0 Å². The molecular formula is C17H17ClN4O. The highest BCUT2D eigenvalue weighted by molar-refractivity contribution is 6.31. The van der Waals surface area contributed by atoms with Crippen LogP contribution < -0.4 is 4.90 Å². The smallest absolute Gasteiger partial charge is 0.298 e. The molecule has 0 spiro atoms. The number of hydrogen-bond acceptors (Lipinski definition) is 5. The van der Waals surface area contributed by atoms with E-state index in [0.717, 1.165) is 49.5 Å². The van der Waals surface area contributed by atoms with E-state index in [1.165, 1.54) is 0 Å². The Balaban J connectivity index is 1.42. The van der Waals surface area contributed by atoms with Crippen LogP contribution in [0.3, 0.4) is 0 Å². The first kappa shape index (κ1) is 14.5. The summed E-state index contributed by atoms with van der Waals surface area (Å²) in [5.41, 5.74) is 2.70. The zero-order valence-electron chi connectivity index (χ0n) is 12.7. The molecule has 2 aromatic heterocycles. The summed E-state index contributed by atoms with van der Waals surface area (Å²) in [4.78, 5) is 13.5. The third kappa shape index (κ3) is 3.16. The minimum absolute atomic E-state index is 0.667. The summed E-state index contributed by atoms with van der Waals surface area (Å²) in [5, 5.41) is 0.667. The van der Waals surface area contributed by atoms with Crippen molar-refractivity contribution in [3.05, 3.63) is 53.3 Å². The Hall–Kier alpha value is -2.11. The van der Waals surface area contributed by atoms with Crippen LogP contribution in [-0.2, 0) is 6.54 Å². The van der Waals surface area contributed by atoms with Crippen LogP contribution in [0.25, 0.3) is 11.1 Å². The monoisotopic (exact) mass is 328 g/mol. The number of piperazine rings is 1. The van der Waals surface area contributed by atoms with E-state index in [1.807, 2.05) is 36.5 Å². The predicted octanol–water partition coefficient (Wildman–Crippen LogP) is 3.20. The van der Waals surface area contributed by atoms with E-state index in [1.54, 1.807) is 0 Å². The van der Waals surface area contributed by atoms with E-state index < -0.39 is 0 Å². The quantitative estimate of drug-likeness (QED) is 0.739. The molecule has 5 nitrogen and oxygen atoms in total. The molecule has 3 heterocycles. The molecule has 3 aromatic rings. The van der Waals surface area contributed by atoms with Crippen molar-refractivity contribution < 1.29 is 4.42 Å². The molecule has 0 bridgehead atoms. The van der Waals surface area contributed by atoms with Gasteiger partial charge in [0.2, 0.25) is 0 Å². The van der Waals surface area contributed by atoms with Gasteiger partial charge in [-0.2, -0.15) is 4.98 Å². The minimum atomic E-state index is 0.667. The maximum atomic E-state index is 6.00. The van der Waals surface area contributed by atoms with E-state index in [9.17, 15) is 0 Å². The summed E-state index contributed by atoms with van der Waals surface area (Å²) in [6.45, 7) is 4.62.